The van der Waals surface area contributed by atoms with Gasteiger partial charge in [-0.05, 0) is 64.0 Å². The monoisotopic (exact) mass is 432 g/mol. The van der Waals surface area contributed by atoms with Crippen LogP contribution >= 0.6 is 0 Å². The molecule has 7 heteroatoms. The van der Waals surface area contributed by atoms with E-state index in [1.54, 1.807) is 0 Å². The minimum Gasteiger partial charge on any atom is -0.381 e. The predicted molar refractivity (Wildman–Crippen MR) is 118 cm³/mol. The minimum absolute atomic E-state index is 0.175. The molecule has 7 nitrogen and oxygen atoms in total. The Balaban J connectivity index is 1.31. The van der Waals surface area contributed by atoms with Crippen LogP contribution in [-0.4, -0.2) is 64.7 Å². The molecule has 4 rings (SSSR count). The highest BCUT2D eigenvalue weighted by molar-refractivity contribution is 5.79. The second-order valence-electron chi connectivity index (χ2n) is 9.66. The van der Waals surface area contributed by atoms with Gasteiger partial charge in [-0.1, -0.05) is 31.3 Å². The van der Waals surface area contributed by atoms with Crippen LogP contribution in [0.4, 0.5) is 0 Å². The van der Waals surface area contributed by atoms with E-state index in [1.807, 2.05) is 0 Å². The number of amides is 1. The molecule has 31 heavy (non-hydrogen) atoms. The van der Waals surface area contributed by atoms with Crippen LogP contribution in [0, 0.1) is 11.8 Å². The van der Waals surface area contributed by atoms with E-state index in [0.717, 1.165) is 102 Å². The van der Waals surface area contributed by atoms with Crippen molar-refractivity contribution >= 4 is 5.91 Å². The Morgan fingerprint density at radius 3 is 2.61 bits per heavy atom. The minimum atomic E-state index is 0.175. The molecule has 0 aromatic carbocycles. The lowest BCUT2D eigenvalue weighted by Gasteiger charge is -2.42. The first kappa shape index (κ1) is 22.7. The van der Waals surface area contributed by atoms with Gasteiger partial charge in [0.2, 0.25) is 11.8 Å². The fraction of sp³-hybridized carbons (Fsp3) is 0.875. The van der Waals surface area contributed by atoms with Gasteiger partial charge in [-0.25, -0.2) is 0 Å². The lowest BCUT2D eigenvalue weighted by molar-refractivity contribution is -0.142. The highest BCUT2D eigenvalue weighted by Gasteiger charge is 2.36. The van der Waals surface area contributed by atoms with E-state index in [2.05, 4.69) is 26.9 Å². The first-order valence-corrected chi connectivity index (χ1v) is 12.7. The Hall–Kier alpha value is -1.47. The highest BCUT2D eigenvalue weighted by Crippen LogP contribution is 2.32. The average molecular weight is 433 g/mol. The molecule has 0 radical (unpaired) electrons. The number of aryl methyl sites for hydroxylation is 1. The number of likely N-dealkylation sites (tertiary alicyclic amines) is 2. The van der Waals surface area contributed by atoms with E-state index in [1.165, 1.54) is 19.3 Å². The Bertz CT molecular complexity index is 680. The molecule has 3 aliphatic rings. The molecule has 3 aliphatic heterocycles. The number of ether oxygens (including phenoxy) is 1. The lowest BCUT2D eigenvalue weighted by Crippen LogP contribution is -2.50. The van der Waals surface area contributed by atoms with E-state index in [9.17, 15) is 4.79 Å². The van der Waals surface area contributed by atoms with Gasteiger partial charge in [0, 0.05) is 38.1 Å². The summed E-state index contributed by atoms with van der Waals surface area (Å²) in [7, 11) is 0. The molecule has 174 valence electrons. The first-order valence-electron chi connectivity index (χ1n) is 12.7. The largest absolute Gasteiger partial charge is 0.381 e. The number of unbranched alkanes of at least 4 members (excludes halogenated alkanes) is 1. The molecule has 3 saturated heterocycles. The third-order valence-electron chi connectivity index (χ3n) is 7.45. The maximum absolute atomic E-state index is 13.4. The molecule has 1 aromatic rings. The Kier molecular flexibility index (Phi) is 8.36. The van der Waals surface area contributed by atoms with Crippen LogP contribution in [0.1, 0.15) is 82.8 Å². The van der Waals surface area contributed by atoms with Gasteiger partial charge in [-0.2, -0.15) is 4.98 Å². The van der Waals surface area contributed by atoms with E-state index in [4.69, 9.17) is 9.26 Å². The summed E-state index contributed by atoms with van der Waals surface area (Å²) in [5.74, 6) is 2.78. The lowest BCUT2D eigenvalue weighted by atomic mass is 9.85. The zero-order valence-electron chi connectivity index (χ0n) is 19.3. The van der Waals surface area contributed by atoms with Gasteiger partial charge in [0.25, 0.3) is 0 Å². The molecule has 1 unspecified atom stereocenters. The quantitative estimate of drug-likeness (QED) is 0.652. The summed E-state index contributed by atoms with van der Waals surface area (Å²) in [5, 5.41) is 4.13. The maximum atomic E-state index is 13.4. The summed E-state index contributed by atoms with van der Waals surface area (Å²) in [6.45, 7) is 7.45. The zero-order chi connectivity index (χ0) is 21.5. The van der Waals surface area contributed by atoms with E-state index >= 15 is 0 Å². The van der Waals surface area contributed by atoms with Gasteiger partial charge in [-0.15, -0.1) is 0 Å². The molecule has 0 saturated carbocycles. The van der Waals surface area contributed by atoms with Gasteiger partial charge >= 0.3 is 0 Å². The molecule has 4 heterocycles. The second kappa shape index (κ2) is 11.4. The van der Waals surface area contributed by atoms with Crippen molar-refractivity contribution in [1.82, 2.24) is 19.9 Å². The molecule has 0 bridgehead atoms. The van der Waals surface area contributed by atoms with Crippen molar-refractivity contribution in [3.8, 4) is 0 Å². The van der Waals surface area contributed by atoms with Crippen LogP contribution in [0.15, 0.2) is 4.52 Å². The van der Waals surface area contributed by atoms with Crippen molar-refractivity contribution in [1.29, 1.82) is 0 Å². The van der Waals surface area contributed by atoms with Gasteiger partial charge in [0.1, 0.15) is 0 Å². The third kappa shape index (κ3) is 6.07. The summed E-state index contributed by atoms with van der Waals surface area (Å²) in [6, 6.07) is 0.420. The highest BCUT2D eigenvalue weighted by atomic mass is 16.5. The fourth-order valence-corrected chi connectivity index (χ4v) is 5.55. The van der Waals surface area contributed by atoms with E-state index < -0.39 is 0 Å². The smallest absolute Gasteiger partial charge is 0.240 e. The molecule has 1 amide bonds. The van der Waals surface area contributed by atoms with Crippen LogP contribution in [0.3, 0.4) is 0 Å². The molecule has 1 atom stereocenters. The molecule has 0 aliphatic carbocycles. The molecular weight excluding hydrogens is 392 g/mol. The fourth-order valence-electron chi connectivity index (χ4n) is 5.55. The molecule has 1 aromatic heterocycles. The Labute approximate surface area is 186 Å². The van der Waals surface area contributed by atoms with Gasteiger partial charge in [-0.3, -0.25) is 9.69 Å². The van der Waals surface area contributed by atoms with Gasteiger partial charge in [0.05, 0.1) is 6.54 Å². The van der Waals surface area contributed by atoms with Crippen LogP contribution in [0.25, 0.3) is 0 Å². The van der Waals surface area contributed by atoms with Gasteiger partial charge < -0.3 is 14.2 Å². The van der Waals surface area contributed by atoms with Gasteiger partial charge in [0.15, 0.2) is 5.82 Å². The second-order valence-corrected chi connectivity index (χ2v) is 9.66. The van der Waals surface area contributed by atoms with Crippen molar-refractivity contribution in [3.05, 3.63) is 11.7 Å². The average Bonchev–Trinajstić information content (AvgIpc) is 3.11. The van der Waals surface area contributed by atoms with E-state index in [-0.39, 0.29) is 5.92 Å². The number of hydrogen-bond acceptors (Lipinski definition) is 6. The SMILES string of the molecule is CCCCc1noc(CN2CCC(C3CCCCCN3C(=O)C3CCOCC3)CC2)n1. The summed E-state index contributed by atoms with van der Waals surface area (Å²) in [6.07, 6.45) is 12.1. The van der Waals surface area contributed by atoms with Crippen molar-refractivity contribution in [3.63, 3.8) is 0 Å². The molecule has 3 fully saturated rings. The van der Waals surface area contributed by atoms with Crippen LogP contribution in [0.5, 0.6) is 0 Å². The predicted octanol–water partition coefficient (Wildman–Crippen LogP) is 3.82. The zero-order valence-corrected chi connectivity index (χ0v) is 19.3. The van der Waals surface area contributed by atoms with Crippen LogP contribution in [0.2, 0.25) is 0 Å². The summed E-state index contributed by atoms with van der Waals surface area (Å²) < 4.78 is 11.0. The van der Waals surface area contributed by atoms with Crippen LogP contribution < -0.4 is 0 Å². The van der Waals surface area contributed by atoms with Crippen molar-refractivity contribution in [2.75, 3.05) is 32.8 Å². The number of hydrogen-bond donors (Lipinski definition) is 0. The third-order valence-corrected chi connectivity index (χ3v) is 7.45. The number of carbonyl (C=O) groups excluding carboxylic acids is 1. The maximum Gasteiger partial charge on any atom is 0.240 e. The first-order chi connectivity index (χ1) is 15.2. The molecular formula is C24H40N4O3. The van der Waals surface area contributed by atoms with Crippen molar-refractivity contribution in [2.24, 2.45) is 11.8 Å². The van der Waals surface area contributed by atoms with Crippen LogP contribution in [-0.2, 0) is 22.5 Å². The summed E-state index contributed by atoms with van der Waals surface area (Å²) in [5.41, 5.74) is 0. The summed E-state index contributed by atoms with van der Waals surface area (Å²) in [4.78, 5) is 22.7. The number of aromatic nitrogens is 2. The van der Waals surface area contributed by atoms with E-state index in [0.29, 0.717) is 17.9 Å². The number of nitrogens with zero attached hydrogens (tertiary/aromatic N) is 4. The van der Waals surface area contributed by atoms with Crippen molar-refractivity contribution in [2.45, 2.75) is 90.1 Å². The Morgan fingerprint density at radius 1 is 1.03 bits per heavy atom. The standard InChI is InChI=1S/C24H40N4O3/c1-2-3-8-22-25-23(31-26-22)18-27-14-9-19(10-15-27)21-7-5-4-6-13-28(21)24(29)20-11-16-30-17-12-20/h19-21H,2-18H2,1H3. The molecule has 0 N–H and O–H groups in total. The number of piperidine rings is 1. The number of rotatable bonds is 7. The van der Waals surface area contributed by atoms with Crippen molar-refractivity contribution < 1.29 is 14.1 Å². The topological polar surface area (TPSA) is 71.7 Å². The number of carbonyl (C=O) groups is 1. The normalized spacial score (nSPS) is 24.9. The summed E-state index contributed by atoms with van der Waals surface area (Å²) >= 11 is 0. The Morgan fingerprint density at radius 2 is 1.84 bits per heavy atom. The molecule has 0 spiro atoms.